The zero-order valence-corrected chi connectivity index (χ0v) is 14.8. The summed E-state index contributed by atoms with van der Waals surface area (Å²) < 4.78 is 7.56. The van der Waals surface area contributed by atoms with E-state index in [0.717, 1.165) is 23.1 Å². The second kappa shape index (κ2) is 4.49. The average molecular weight is 388 g/mol. The first-order valence-corrected chi connectivity index (χ1v) is 8.66. The Labute approximate surface area is 132 Å². The van der Waals surface area contributed by atoms with Crippen molar-refractivity contribution in [3.05, 3.63) is 28.2 Å². The minimum absolute atomic E-state index is 0.0371. The van der Waals surface area contributed by atoms with Crippen LogP contribution in [0.1, 0.15) is 39.2 Å². The smallest absolute Gasteiger partial charge is 0.137 e. The van der Waals surface area contributed by atoms with E-state index in [0.29, 0.717) is 10.7 Å². The fourth-order valence-electron chi connectivity index (χ4n) is 3.85. The number of alkyl halides is 1. The lowest BCUT2D eigenvalue weighted by Gasteiger charge is -2.55. The summed E-state index contributed by atoms with van der Waals surface area (Å²) in [5, 5.41) is 0. The lowest BCUT2D eigenvalue weighted by atomic mass is 9.59. The first-order chi connectivity index (χ1) is 8.84. The molecule has 0 aromatic heterocycles. The maximum Gasteiger partial charge on any atom is 0.137 e. The Morgan fingerprint density at radius 1 is 1.26 bits per heavy atom. The number of ether oxygens (including phenoxy) is 1. The molecule has 1 fully saturated rings. The average Bonchev–Trinajstić information content (AvgIpc) is 2.35. The Hall–Kier alpha value is -0.0200. The first-order valence-electron chi connectivity index (χ1n) is 6.95. The zero-order valence-electron chi connectivity index (χ0n) is 11.7. The molecule has 0 spiro atoms. The Morgan fingerprint density at radius 3 is 2.74 bits per heavy atom. The van der Waals surface area contributed by atoms with E-state index in [1.165, 1.54) is 12.0 Å². The van der Waals surface area contributed by atoms with Gasteiger partial charge in [0.15, 0.2) is 0 Å². The maximum absolute atomic E-state index is 6.47. The fraction of sp³-hybridized carbons (Fsp3) is 0.625. The van der Waals surface area contributed by atoms with Crippen LogP contribution >= 0.6 is 31.9 Å². The van der Waals surface area contributed by atoms with Crippen molar-refractivity contribution in [3.63, 3.8) is 0 Å². The molecule has 1 saturated carbocycles. The van der Waals surface area contributed by atoms with Crippen molar-refractivity contribution in [3.8, 4) is 5.75 Å². The van der Waals surface area contributed by atoms with Crippen LogP contribution in [0.4, 0.5) is 0 Å². The van der Waals surface area contributed by atoms with Gasteiger partial charge in [-0.3, -0.25) is 0 Å². The molecule has 104 valence electrons. The van der Waals surface area contributed by atoms with E-state index >= 15 is 0 Å². The molecule has 1 heterocycles. The lowest BCUT2D eigenvalue weighted by Crippen LogP contribution is -2.57. The van der Waals surface area contributed by atoms with Crippen molar-refractivity contribution in [1.82, 2.24) is 0 Å². The molecule has 0 bridgehead atoms. The maximum atomic E-state index is 6.47. The van der Waals surface area contributed by atoms with Gasteiger partial charge < -0.3 is 4.74 Å². The minimum atomic E-state index is -0.0371. The highest BCUT2D eigenvalue weighted by atomic mass is 79.9. The number of fused-ring (bicyclic) bond motifs is 2. The summed E-state index contributed by atoms with van der Waals surface area (Å²) in [6.07, 6.45) is 3.41. The van der Waals surface area contributed by atoms with E-state index in [1.54, 1.807) is 0 Å². The highest BCUT2D eigenvalue weighted by Crippen LogP contribution is 2.55. The van der Waals surface area contributed by atoms with Gasteiger partial charge in [0, 0.05) is 10.7 Å². The first kappa shape index (κ1) is 13.9. The van der Waals surface area contributed by atoms with Crippen LogP contribution in [0.25, 0.3) is 0 Å². The summed E-state index contributed by atoms with van der Waals surface area (Å²) in [4.78, 5) is 0.579. The third-order valence-electron chi connectivity index (χ3n) is 5.14. The van der Waals surface area contributed by atoms with Crippen molar-refractivity contribution in [2.75, 3.05) is 0 Å². The molecule has 0 N–H and O–H groups in total. The standard InChI is InChI=1S/C16H20Br2O/c1-15(2)12-9-10-5-4-6-11(17)14(10)19-16(12,3)8-7-13(15)18/h4-6,12-13H,7-9H2,1-3H3/t12-,13-,16+/m0/s1. The van der Waals surface area contributed by atoms with Crippen LogP contribution in [0.3, 0.4) is 0 Å². The van der Waals surface area contributed by atoms with Crippen molar-refractivity contribution in [1.29, 1.82) is 0 Å². The fourth-order valence-corrected chi connectivity index (χ4v) is 4.88. The summed E-state index contributed by atoms with van der Waals surface area (Å²) in [6, 6.07) is 6.38. The van der Waals surface area contributed by atoms with Crippen LogP contribution in [0, 0.1) is 11.3 Å². The number of halogens is 2. The largest absolute Gasteiger partial charge is 0.486 e. The highest BCUT2D eigenvalue weighted by Gasteiger charge is 2.54. The predicted molar refractivity (Wildman–Crippen MR) is 86.1 cm³/mol. The van der Waals surface area contributed by atoms with Crippen molar-refractivity contribution in [2.45, 2.75) is 50.5 Å². The van der Waals surface area contributed by atoms with Gasteiger partial charge in [-0.15, -0.1) is 0 Å². The van der Waals surface area contributed by atoms with E-state index in [9.17, 15) is 0 Å². The van der Waals surface area contributed by atoms with Crippen LogP contribution in [-0.4, -0.2) is 10.4 Å². The van der Waals surface area contributed by atoms with Crippen LogP contribution < -0.4 is 4.74 Å². The number of benzene rings is 1. The third kappa shape index (κ3) is 2.08. The van der Waals surface area contributed by atoms with E-state index in [-0.39, 0.29) is 11.0 Å². The summed E-state index contributed by atoms with van der Waals surface area (Å²) in [5.74, 6) is 1.62. The summed E-state index contributed by atoms with van der Waals surface area (Å²) >= 11 is 7.51. The highest BCUT2D eigenvalue weighted by molar-refractivity contribution is 9.10. The lowest BCUT2D eigenvalue weighted by molar-refractivity contribution is -0.0777. The SMILES string of the molecule is CC1(C)[C@@H](Br)CC[C@@]2(C)Oc3c(Br)cccc3C[C@@H]12. The number of hydrogen-bond acceptors (Lipinski definition) is 1. The third-order valence-corrected chi connectivity index (χ3v) is 7.41. The van der Waals surface area contributed by atoms with Gasteiger partial charge in [-0.05, 0) is 59.2 Å². The van der Waals surface area contributed by atoms with Crippen LogP contribution in [-0.2, 0) is 6.42 Å². The predicted octanol–water partition coefficient (Wildman–Crippen LogP) is 5.34. The molecular formula is C16H20Br2O. The molecule has 1 aliphatic heterocycles. The summed E-state index contributed by atoms with van der Waals surface area (Å²) in [5.41, 5.74) is 1.56. The molecule has 3 atom stereocenters. The zero-order chi connectivity index (χ0) is 13.8. The van der Waals surface area contributed by atoms with E-state index in [2.05, 4.69) is 70.8 Å². The van der Waals surface area contributed by atoms with Crippen molar-refractivity contribution in [2.24, 2.45) is 11.3 Å². The molecule has 19 heavy (non-hydrogen) atoms. The molecule has 3 heteroatoms. The molecule has 2 aliphatic rings. The Morgan fingerprint density at radius 2 is 2.00 bits per heavy atom. The second-order valence-corrected chi connectivity index (χ2v) is 8.69. The van der Waals surface area contributed by atoms with Gasteiger partial charge in [0.2, 0.25) is 0 Å². The monoisotopic (exact) mass is 386 g/mol. The Kier molecular flexibility index (Phi) is 3.29. The number of hydrogen-bond donors (Lipinski definition) is 0. The van der Waals surface area contributed by atoms with E-state index in [4.69, 9.17) is 4.74 Å². The molecular weight excluding hydrogens is 368 g/mol. The molecule has 0 saturated heterocycles. The van der Waals surface area contributed by atoms with Gasteiger partial charge in [-0.1, -0.05) is 41.9 Å². The van der Waals surface area contributed by atoms with Gasteiger partial charge in [0.1, 0.15) is 11.4 Å². The van der Waals surface area contributed by atoms with Gasteiger partial charge >= 0.3 is 0 Å². The Bertz CT molecular complexity index is 511. The van der Waals surface area contributed by atoms with Crippen molar-refractivity contribution >= 4 is 31.9 Å². The second-order valence-electron chi connectivity index (χ2n) is 6.73. The van der Waals surface area contributed by atoms with Crippen molar-refractivity contribution < 1.29 is 4.74 Å². The van der Waals surface area contributed by atoms with Gasteiger partial charge in [0.25, 0.3) is 0 Å². The molecule has 1 aromatic carbocycles. The normalized spacial score (nSPS) is 36.1. The van der Waals surface area contributed by atoms with E-state index < -0.39 is 0 Å². The molecule has 0 radical (unpaired) electrons. The van der Waals surface area contributed by atoms with Gasteiger partial charge in [-0.2, -0.15) is 0 Å². The minimum Gasteiger partial charge on any atom is -0.486 e. The molecule has 3 rings (SSSR count). The summed E-state index contributed by atoms with van der Waals surface area (Å²) in [7, 11) is 0. The van der Waals surface area contributed by atoms with Gasteiger partial charge in [0.05, 0.1) is 4.47 Å². The quantitative estimate of drug-likeness (QED) is 0.545. The summed E-state index contributed by atoms with van der Waals surface area (Å²) in [6.45, 7) is 7.04. The molecule has 0 unspecified atom stereocenters. The number of rotatable bonds is 0. The van der Waals surface area contributed by atoms with Crippen LogP contribution in [0.15, 0.2) is 22.7 Å². The molecule has 1 aliphatic carbocycles. The van der Waals surface area contributed by atoms with Crippen LogP contribution in [0.5, 0.6) is 5.75 Å². The van der Waals surface area contributed by atoms with Gasteiger partial charge in [-0.25, -0.2) is 0 Å². The van der Waals surface area contributed by atoms with E-state index in [1.807, 2.05) is 0 Å². The molecule has 1 aromatic rings. The van der Waals surface area contributed by atoms with Crippen LogP contribution in [0.2, 0.25) is 0 Å². The topological polar surface area (TPSA) is 9.23 Å². The molecule has 1 nitrogen and oxygen atoms in total. The Balaban J connectivity index is 2.07. The molecule has 0 amide bonds. The number of para-hydroxylation sites is 1.